The van der Waals surface area contributed by atoms with Crippen LogP contribution in [0.5, 0.6) is 0 Å². The first-order valence-electron chi connectivity index (χ1n) is 11.1. The average molecular weight is 393 g/mol. The summed E-state index contributed by atoms with van der Waals surface area (Å²) in [7, 11) is -1.78. The zero-order valence-electron chi connectivity index (χ0n) is 19.0. The lowest BCUT2D eigenvalue weighted by molar-refractivity contribution is 0.00128. The molecular formula is C24H44O2Si. The molecule has 1 N–H and O–H groups in total. The molecule has 27 heavy (non-hydrogen) atoms. The fourth-order valence-corrected chi connectivity index (χ4v) is 6.96. The van der Waals surface area contributed by atoms with Crippen molar-refractivity contribution in [3.8, 4) is 0 Å². The Balaban J connectivity index is 2.17. The van der Waals surface area contributed by atoms with Gasteiger partial charge in [0.15, 0.2) is 8.32 Å². The molecule has 0 amide bonds. The first kappa shape index (κ1) is 22.9. The molecule has 1 saturated carbocycles. The summed E-state index contributed by atoms with van der Waals surface area (Å²) in [6.45, 7) is 20.4. The van der Waals surface area contributed by atoms with Crippen LogP contribution in [0.25, 0.3) is 0 Å². The predicted molar refractivity (Wildman–Crippen MR) is 119 cm³/mol. The lowest BCUT2D eigenvalue weighted by atomic mass is 9.68. The Labute approximate surface area is 169 Å². The summed E-state index contributed by atoms with van der Waals surface area (Å²) in [6.07, 6.45) is 11.9. The van der Waals surface area contributed by atoms with Gasteiger partial charge in [-0.2, -0.15) is 0 Å². The van der Waals surface area contributed by atoms with E-state index in [-0.39, 0.29) is 22.7 Å². The number of aliphatic hydroxyl groups excluding tert-OH is 1. The van der Waals surface area contributed by atoms with Crippen LogP contribution in [0, 0.1) is 17.8 Å². The third-order valence-electron chi connectivity index (χ3n) is 7.63. The summed E-state index contributed by atoms with van der Waals surface area (Å²) in [4.78, 5) is 0. The van der Waals surface area contributed by atoms with Gasteiger partial charge in [0.1, 0.15) is 0 Å². The molecule has 1 fully saturated rings. The van der Waals surface area contributed by atoms with E-state index in [4.69, 9.17) is 4.43 Å². The van der Waals surface area contributed by atoms with Gasteiger partial charge in [-0.05, 0) is 75.4 Å². The second-order valence-electron chi connectivity index (χ2n) is 10.8. The minimum atomic E-state index is -1.78. The minimum Gasteiger partial charge on any atom is -0.412 e. The van der Waals surface area contributed by atoms with E-state index in [2.05, 4.69) is 60.4 Å². The first-order valence-corrected chi connectivity index (χ1v) is 14.0. The van der Waals surface area contributed by atoms with E-state index in [9.17, 15) is 5.11 Å². The third-order valence-corrected chi connectivity index (χ3v) is 12.2. The van der Waals surface area contributed by atoms with Crippen LogP contribution in [0.15, 0.2) is 24.3 Å². The second kappa shape index (κ2) is 8.55. The number of hydrogen-bond donors (Lipinski definition) is 1. The molecule has 0 spiro atoms. The molecule has 0 aliphatic heterocycles. The molecular weight excluding hydrogens is 348 g/mol. The molecule has 2 aliphatic carbocycles. The highest BCUT2D eigenvalue weighted by Crippen LogP contribution is 2.49. The highest BCUT2D eigenvalue weighted by atomic mass is 28.4. The quantitative estimate of drug-likeness (QED) is 0.378. The van der Waals surface area contributed by atoms with Crippen molar-refractivity contribution in [3.63, 3.8) is 0 Å². The Hall–Kier alpha value is -0.383. The predicted octanol–water partition coefficient (Wildman–Crippen LogP) is 6.87. The molecule has 2 aliphatic rings. The summed E-state index contributed by atoms with van der Waals surface area (Å²) < 4.78 is 6.97. The monoisotopic (exact) mass is 392 g/mol. The smallest absolute Gasteiger partial charge is 0.192 e. The lowest BCUT2D eigenvalue weighted by Gasteiger charge is -2.49. The molecule has 5 atom stereocenters. The van der Waals surface area contributed by atoms with Crippen molar-refractivity contribution in [1.82, 2.24) is 0 Å². The fourth-order valence-electron chi connectivity index (χ4n) is 5.24. The van der Waals surface area contributed by atoms with E-state index < -0.39 is 8.32 Å². The van der Waals surface area contributed by atoms with Gasteiger partial charge < -0.3 is 9.53 Å². The Kier molecular flexibility index (Phi) is 7.25. The van der Waals surface area contributed by atoms with Crippen molar-refractivity contribution in [2.45, 2.75) is 109 Å². The van der Waals surface area contributed by atoms with Crippen LogP contribution in [0.4, 0.5) is 0 Å². The van der Waals surface area contributed by atoms with Crippen LogP contribution in [0.1, 0.15) is 79.6 Å². The zero-order valence-corrected chi connectivity index (χ0v) is 20.0. The summed E-state index contributed by atoms with van der Waals surface area (Å²) in [5.74, 6) is 1.53. The van der Waals surface area contributed by atoms with E-state index >= 15 is 0 Å². The van der Waals surface area contributed by atoms with Crippen molar-refractivity contribution in [2.75, 3.05) is 0 Å². The largest absolute Gasteiger partial charge is 0.412 e. The van der Waals surface area contributed by atoms with Gasteiger partial charge in [0, 0.05) is 5.92 Å². The van der Waals surface area contributed by atoms with Gasteiger partial charge in [-0.1, -0.05) is 51.8 Å². The zero-order chi connectivity index (χ0) is 20.5. The van der Waals surface area contributed by atoms with Gasteiger partial charge in [-0.25, -0.2) is 0 Å². The van der Waals surface area contributed by atoms with Crippen LogP contribution in [0.3, 0.4) is 0 Å². The van der Waals surface area contributed by atoms with Crippen LogP contribution in [-0.2, 0) is 4.43 Å². The van der Waals surface area contributed by atoms with E-state index in [1.165, 1.54) is 24.8 Å². The Bertz CT molecular complexity index is 545. The lowest BCUT2D eigenvalue weighted by Crippen LogP contribution is -2.50. The summed E-state index contributed by atoms with van der Waals surface area (Å²) in [5, 5.41) is 10.7. The van der Waals surface area contributed by atoms with E-state index in [0.717, 1.165) is 25.7 Å². The number of aliphatic hydroxyl groups is 1. The summed E-state index contributed by atoms with van der Waals surface area (Å²) in [5.41, 5.74) is 1.51. The van der Waals surface area contributed by atoms with Gasteiger partial charge in [0.2, 0.25) is 0 Å². The number of rotatable bonds is 7. The van der Waals surface area contributed by atoms with Gasteiger partial charge in [-0.3, -0.25) is 0 Å². The first-order chi connectivity index (χ1) is 12.4. The molecule has 0 heterocycles. The van der Waals surface area contributed by atoms with Crippen LogP contribution < -0.4 is 0 Å². The SMILES string of the molecule is C=CCC1C(C(CC)C2CCCC(C)(O[Si](C)(C)C(C)(C)C)C2)=CCC1O. The van der Waals surface area contributed by atoms with E-state index in [1.807, 2.05) is 6.08 Å². The number of hydrogen-bond acceptors (Lipinski definition) is 2. The Morgan fingerprint density at radius 3 is 2.63 bits per heavy atom. The third kappa shape index (κ3) is 5.16. The molecule has 3 heteroatoms. The van der Waals surface area contributed by atoms with Crippen LogP contribution in [-0.4, -0.2) is 25.1 Å². The summed E-state index contributed by atoms with van der Waals surface area (Å²) in [6, 6.07) is 0. The maximum atomic E-state index is 10.5. The van der Waals surface area contributed by atoms with Crippen LogP contribution >= 0.6 is 0 Å². The molecule has 2 nitrogen and oxygen atoms in total. The fraction of sp³-hybridized carbons (Fsp3) is 0.833. The maximum Gasteiger partial charge on any atom is 0.192 e. The van der Waals surface area contributed by atoms with Crippen LogP contribution in [0.2, 0.25) is 18.1 Å². The van der Waals surface area contributed by atoms with Crippen molar-refractivity contribution in [3.05, 3.63) is 24.3 Å². The van der Waals surface area contributed by atoms with Gasteiger partial charge in [0.05, 0.1) is 11.7 Å². The molecule has 0 saturated heterocycles. The van der Waals surface area contributed by atoms with Gasteiger partial charge >= 0.3 is 0 Å². The molecule has 2 rings (SSSR count). The van der Waals surface area contributed by atoms with Crippen molar-refractivity contribution in [1.29, 1.82) is 0 Å². The number of allylic oxidation sites excluding steroid dienone is 1. The average Bonchev–Trinajstić information content (AvgIpc) is 2.88. The molecule has 5 unspecified atom stereocenters. The molecule has 0 aromatic rings. The second-order valence-corrected chi connectivity index (χ2v) is 15.5. The van der Waals surface area contributed by atoms with Gasteiger partial charge in [0.25, 0.3) is 0 Å². The van der Waals surface area contributed by atoms with E-state index in [1.54, 1.807) is 0 Å². The Morgan fingerprint density at radius 1 is 1.41 bits per heavy atom. The van der Waals surface area contributed by atoms with E-state index in [0.29, 0.717) is 11.8 Å². The standard InChI is InChI=1S/C24H44O2Si/c1-9-12-21-20(14-15-22(21)25)19(10-2)18-13-11-16-24(6,17-18)26-27(7,8)23(3,4)5/h9,14,18-19,21-22,25H,1,10-13,15-17H2,2-8H3. The van der Waals surface area contributed by atoms with Crippen molar-refractivity contribution >= 4 is 8.32 Å². The molecule has 0 bridgehead atoms. The topological polar surface area (TPSA) is 29.5 Å². The minimum absolute atomic E-state index is 0.00501. The molecule has 0 aromatic heterocycles. The molecule has 156 valence electrons. The molecule has 0 radical (unpaired) electrons. The highest BCUT2D eigenvalue weighted by molar-refractivity contribution is 6.74. The van der Waals surface area contributed by atoms with Crippen molar-refractivity contribution < 1.29 is 9.53 Å². The van der Waals surface area contributed by atoms with Crippen molar-refractivity contribution in [2.24, 2.45) is 17.8 Å². The highest BCUT2D eigenvalue weighted by Gasteiger charge is 2.46. The Morgan fingerprint density at radius 2 is 2.07 bits per heavy atom. The normalized spacial score (nSPS) is 33.6. The maximum absolute atomic E-state index is 10.5. The van der Waals surface area contributed by atoms with Gasteiger partial charge in [-0.15, -0.1) is 6.58 Å². The molecule has 0 aromatic carbocycles. The summed E-state index contributed by atoms with van der Waals surface area (Å²) >= 11 is 0.